The molecule has 7 nitrogen and oxygen atoms in total. The van der Waals surface area contributed by atoms with Gasteiger partial charge in [-0.25, -0.2) is 12.8 Å². The van der Waals surface area contributed by atoms with Crippen LogP contribution in [0.3, 0.4) is 0 Å². The molecule has 150 valence electrons. The number of aryl methyl sites for hydroxylation is 1. The van der Waals surface area contributed by atoms with E-state index < -0.39 is 26.8 Å². The smallest absolute Gasteiger partial charge is 0.241 e. The zero-order valence-corrected chi connectivity index (χ0v) is 16.7. The van der Waals surface area contributed by atoms with Crippen molar-refractivity contribution in [1.29, 1.82) is 0 Å². The van der Waals surface area contributed by atoms with Crippen LogP contribution in [0.4, 0.5) is 10.2 Å². The van der Waals surface area contributed by atoms with Crippen molar-refractivity contribution in [2.45, 2.75) is 30.4 Å². The number of amides is 1. The van der Waals surface area contributed by atoms with Gasteiger partial charge in [-0.05, 0) is 56.7 Å². The van der Waals surface area contributed by atoms with Crippen LogP contribution >= 0.6 is 0 Å². The summed E-state index contributed by atoms with van der Waals surface area (Å²) in [5, 5.41) is 7.01. The molecule has 1 fully saturated rings. The van der Waals surface area contributed by atoms with E-state index in [0.29, 0.717) is 32.6 Å². The van der Waals surface area contributed by atoms with Gasteiger partial charge in [-0.2, -0.15) is 5.10 Å². The summed E-state index contributed by atoms with van der Waals surface area (Å²) in [4.78, 5) is 16.4. The maximum absolute atomic E-state index is 13.1. The van der Waals surface area contributed by atoms with Crippen LogP contribution < -0.4 is 4.90 Å². The highest BCUT2D eigenvalue weighted by atomic mass is 32.2. The first kappa shape index (κ1) is 20.2. The number of anilines is 1. The van der Waals surface area contributed by atoms with Crippen molar-refractivity contribution in [3.8, 4) is 0 Å². The molecule has 2 aromatic rings. The number of carbonyl (C=O) groups excluding carboxylic acids is 1. The minimum atomic E-state index is -3.88. The normalized spacial score (nSPS) is 16.5. The van der Waals surface area contributed by atoms with E-state index >= 15 is 0 Å². The number of nitrogens with zero attached hydrogens (tertiary/aromatic N) is 4. The topological polar surface area (TPSA) is 83.5 Å². The zero-order chi connectivity index (χ0) is 20.3. The van der Waals surface area contributed by atoms with E-state index in [4.69, 9.17) is 0 Å². The third-order valence-electron chi connectivity index (χ3n) is 4.87. The number of hydrogen-bond acceptors (Lipinski definition) is 6. The summed E-state index contributed by atoms with van der Waals surface area (Å²) in [6.07, 6.45) is 0.699. The number of aromatic nitrogens is 2. The molecule has 0 radical (unpaired) electrons. The predicted octanol–water partition coefficient (Wildman–Crippen LogP) is 1.83. The first-order valence-electron chi connectivity index (χ1n) is 9.12. The summed E-state index contributed by atoms with van der Waals surface area (Å²) < 4.78 is 38.6. The molecule has 1 saturated heterocycles. The Balaban J connectivity index is 1.70. The highest BCUT2D eigenvalue weighted by molar-refractivity contribution is 7.92. The number of carbonyl (C=O) groups is 1. The minimum absolute atomic E-state index is 0.0545. The fourth-order valence-electron chi connectivity index (χ4n) is 3.15. The van der Waals surface area contributed by atoms with E-state index in [1.54, 1.807) is 4.90 Å². The van der Waals surface area contributed by atoms with Crippen molar-refractivity contribution in [1.82, 2.24) is 15.1 Å². The van der Waals surface area contributed by atoms with Crippen molar-refractivity contribution in [2.75, 3.05) is 31.1 Å². The fourth-order valence-corrected chi connectivity index (χ4v) is 4.48. The Hall–Kier alpha value is -2.55. The van der Waals surface area contributed by atoms with Gasteiger partial charge in [0.25, 0.3) is 0 Å². The van der Waals surface area contributed by atoms with Gasteiger partial charge in [0.2, 0.25) is 5.91 Å². The second-order valence-corrected chi connectivity index (χ2v) is 9.11. The summed E-state index contributed by atoms with van der Waals surface area (Å²) in [6.45, 7) is 5.38. The van der Waals surface area contributed by atoms with Gasteiger partial charge in [-0.15, -0.1) is 5.10 Å². The molecule has 1 atom stereocenters. The van der Waals surface area contributed by atoms with Crippen LogP contribution in [0.5, 0.6) is 0 Å². The molecule has 9 heteroatoms. The first-order chi connectivity index (χ1) is 13.3. The largest absolute Gasteiger partial charge is 0.353 e. The van der Waals surface area contributed by atoms with Crippen LogP contribution in [-0.4, -0.2) is 60.9 Å². The summed E-state index contributed by atoms with van der Waals surface area (Å²) >= 11 is 0. The van der Waals surface area contributed by atoms with Crippen LogP contribution in [0, 0.1) is 12.7 Å². The number of benzene rings is 1. The molecule has 0 spiro atoms. The van der Waals surface area contributed by atoms with Gasteiger partial charge < -0.3 is 9.80 Å². The van der Waals surface area contributed by atoms with E-state index in [2.05, 4.69) is 10.2 Å². The van der Waals surface area contributed by atoms with Crippen LogP contribution in [0.1, 0.15) is 19.0 Å². The molecule has 3 rings (SSSR count). The number of sulfone groups is 1. The zero-order valence-electron chi connectivity index (χ0n) is 15.9. The molecule has 1 amide bonds. The van der Waals surface area contributed by atoms with Crippen molar-refractivity contribution >= 4 is 21.6 Å². The Morgan fingerprint density at radius 1 is 1.04 bits per heavy atom. The molecular formula is C19H23FN4O3S. The third-order valence-corrected chi connectivity index (χ3v) is 6.93. The van der Waals surface area contributed by atoms with Gasteiger partial charge in [0.15, 0.2) is 15.7 Å². The van der Waals surface area contributed by atoms with Crippen LogP contribution in [-0.2, 0) is 14.6 Å². The minimum Gasteiger partial charge on any atom is -0.353 e. The quantitative estimate of drug-likeness (QED) is 0.721. The van der Waals surface area contributed by atoms with E-state index in [1.165, 1.54) is 19.1 Å². The molecule has 1 aromatic heterocycles. The van der Waals surface area contributed by atoms with Gasteiger partial charge in [-0.3, -0.25) is 4.79 Å². The maximum atomic E-state index is 13.1. The summed E-state index contributed by atoms with van der Waals surface area (Å²) in [7, 11) is -3.88. The summed E-state index contributed by atoms with van der Waals surface area (Å²) in [5.41, 5.74) is 0.829. The van der Waals surface area contributed by atoms with E-state index in [9.17, 15) is 17.6 Å². The van der Waals surface area contributed by atoms with Gasteiger partial charge in [0, 0.05) is 26.2 Å². The van der Waals surface area contributed by atoms with Crippen molar-refractivity contribution in [3.63, 3.8) is 0 Å². The van der Waals surface area contributed by atoms with Crippen molar-refractivity contribution in [2.24, 2.45) is 0 Å². The lowest BCUT2D eigenvalue weighted by Crippen LogP contribution is -2.43. The third kappa shape index (κ3) is 4.30. The Morgan fingerprint density at radius 3 is 2.39 bits per heavy atom. The lowest BCUT2D eigenvalue weighted by Gasteiger charge is -2.25. The standard InChI is InChI=1S/C19H23FN4O3S/c1-14-4-9-18(22-21-14)23-10-3-11-24(13-12-23)19(25)15(2)28(26,27)17-7-5-16(20)6-8-17/h4-9,15H,3,10-13H2,1-2H3. The second-order valence-electron chi connectivity index (χ2n) is 6.84. The van der Waals surface area contributed by atoms with Gasteiger partial charge in [0.1, 0.15) is 11.1 Å². The molecule has 28 heavy (non-hydrogen) atoms. The van der Waals surface area contributed by atoms with Crippen molar-refractivity contribution < 1.29 is 17.6 Å². The molecule has 1 aliphatic rings. The van der Waals surface area contributed by atoms with Crippen LogP contribution in [0.15, 0.2) is 41.3 Å². The molecule has 0 bridgehead atoms. The fraction of sp³-hybridized carbons (Fsp3) is 0.421. The van der Waals surface area contributed by atoms with E-state index in [1.807, 2.05) is 24.0 Å². The molecule has 1 aromatic carbocycles. The number of halogens is 1. The Bertz CT molecular complexity index is 933. The summed E-state index contributed by atoms with van der Waals surface area (Å²) in [6, 6.07) is 8.31. The first-order valence-corrected chi connectivity index (χ1v) is 10.7. The highest BCUT2D eigenvalue weighted by Crippen LogP contribution is 2.20. The molecule has 1 unspecified atom stereocenters. The number of hydrogen-bond donors (Lipinski definition) is 0. The van der Waals surface area contributed by atoms with E-state index in [0.717, 1.165) is 23.6 Å². The maximum Gasteiger partial charge on any atom is 0.241 e. The highest BCUT2D eigenvalue weighted by Gasteiger charge is 2.33. The Morgan fingerprint density at radius 2 is 1.75 bits per heavy atom. The van der Waals surface area contributed by atoms with Crippen LogP contribution in [0.2, 0.25) is 0 Å². The Labute approximate surface area is 164 Å². The molecule has 0 N–H and O–H groups in total. The monoisotopic (exact) mass is 406 g/mol. The Kier molecular flexibility index (Phi) is 5.93. The molecule has 1 aliphatic heterocycles. The van der Waals surface area contributed by atoms with Crippen molar-refractivity contribution in [3.05, 3.63) is 47.9 Å². The van der Waals surface area contributed by atoms with Gasteiger partial charge in [-0.1, -0.05) is 0 Å². The van der Waals surface area contributed by atoms with Gasteiger partial charge >= 0.3 is 0 Å². The average molecular weight is 406 g/mol. The van der Waals surface area contributed by atoms with Crippen LogP contribution in [0.25, 0.3) is 0 Å². The number of rotatable bonds is 4. The van der Waals surface area contributed by atoms with E-state index in [-0.39, 0.29) is 4.90 Å². The molecule has 0 saturated carbocycles. The molecule has 2 heterocycles. The lowest BCUT2D eigenvalue weighted by atomic mass is 10.3. The predicted molar refractivity (Wildman–Crippen MR) is 103 cm³/mol. The average Bonchev–Trinajstić information content (AvgIpc) is 2.94. The molecular weight excluding hydrogens is 383 g/mol. The molecule has 0 aliphatic carbocycles. The van der Waals surface area contributed by atoms with Gasteiger partial charge in [0.05, 0.1) is 10.6 Å². The SMILES string of the molecule is Cc1ccc(N2CCCN(C(=O)C(C)S(=O)(=O)c3ccc(F)cc3)CC2)nn1. The lowest BCUT2D eigenvalue weighted by molar-refractivity contribution is -0.130. The second kappa shape index (κ2) is 8.22. The summed E-state index contributed by atoms with van der Waals surface area (Å²) in [5.74, 6) is -0.224.